The van der Waals surface area contributed by atoms with Crippen molar-refractivity contribution < 1.29 is 134 Å². The highest BCUT2D eigenvalue weighted by Crippen LogP contribution is 2.20. The zero-order valence-electron chi connectivity index (χ0n) is 63.2. The van der Waals surface area contributed by atoms with Crippen LogP contribution in [0.2, 0.25) is 0 Å². The lowest BCUT2D eigenvalue weighted by Crippen LogP contribution is -2.27. The number of aliphatic carboxylic acids is 2. The number of hydrogen-bond acceptors (Lipinski definition) is 26. The van der Waals surface area contributed by atoms with Gasteiger partial charge in [-0.15, -0.1) is 0 Å². The smallest absolute Gasteiger partial charge is 0.306 e. The molecule has 608 valence electrons. The molecule has 0 bridgehead atoms. The topological polar surface area (TPSA) is 316 Å². The normalized spacial score (nSPS) is 12.0. The number of hydrogen-bond donors (Lipinski definition) is 3. The number of carbonyl (C=O) groups excluding carboxylic acids is 1. The molecule has 0 aliphatic carbocycles. The molecule has 0 heterocycles. The summed E-state index contributed by atoms with van der Waals surface area (Å²) in [5.74, 6) is -1.58. The van der Waals surface area contributed by atoms with Gasteiger partial charge >= 0.3 is 11.9 Å². The third-order valence-electron chi connectivity index (χ3n) is 14.9. The van der Waals surface area contributed by atoms with Crippen LogP contribution in [0.5, 0.6) is 0 Å². The van der Waals surface area contributed by atoms with Crippen LogP contribution >= 0.6 is 0 Å². The van der Waals surface area contributed by atoms with E-state index in [9.17, 15) is 19.5 Å². The molecule has 0 spiro atoms. The average molecular weight is 1480 g/mol. The summed E-state index contributed by atoms with van der Waals surface area (Å²) in [6, 6.07) is 0. The van der Waals surface area contributed by atoms with Crippen LogP contribution < -0.4 is 5.32 Å². The highest BCUT2D eigenvalue weighted by molar-refractivity contribution is 5.75. The molecule has 29 nitrogen and oxygen atoms in total. The molecule has 29 heteroatoms. The highest BCUT2D eigenvalue weighted by Gasteiger charge is 2.16. The molecular formula is C73H143NO28. The first kappa shape index (κ1) is 99.5. The molecule has 0 aromatic carbocycles. The fourth-order valence-corrected chi connectivity index (χ4v) is 9.29. The monoisotopic (exact) mass is 1480 g/mol. The molecule has 0 aromatic rings. The first-order chi connectivity index (χ1) is 50.5. The highest BCUT2D eigenvalue weighted by atomic mass is 16.6. The summed E-state index contributed by atoms with van der Waals surface area (Å²) in [5, 5.41) is 21.3. The van der Waals surface area contributed by atoms with Crippen LogP contribution in [0.1, 0.15) is 142 Å². The van der Waals surface area contributed by atoms with Gasteiger partial charge in [0.1, 0.15) is 0 Å². The van der Waals surface area contributed by atoms with E-state index in [-0.39, 0.29) is 18.2 Å². The molecular weight excluding hydrogens is 1340 g/mol. The Kier molecular flexibility index (Phi) is 88.6. The van der Waals surface area contributed by atoms with Crippen LogP contribution in [-0.2, 0) is 123 Å². The summed E-state index contributed by atoms with van der Waals surface area (Å²) in [5.41, 5.74) is 0. The van der Waals surface area contributed by atoms with E-state index in [1.165, 1.54) is 0 Å². The Balaban J connectivity index is 3.19. The van der Waals surface area contributed by atoms with E-state index in [0.717, 1.165) is 129 Å². The van der Waals surface area contributed by atoms with Crippen LogP contribution in [0.4, 0.5) is 0 Å². The molecule has 1 unspecified atom stereocenters. The van der Waals surface area contributed by atoms with Gasteiger partial charge < -0.3 is 124 Å². The second-order valence-corrected chi connectivity index (χ2v) is 23.6. The van der Waals surface area contributed by atoms with Crippen LogP contribution in [0, 0.1) is 5.92 Å². The van der Waals surface area contributed by atoms with E-state index in [2.05, 4.69) is 12.2 Å². The molecule has 102 heavy (non-hydrogen) atoms. The minimum absolute atomic E-state index is 0.0520. The van der Waals surface area contributed by atoms with E-state index < -0.39 is 11.9 Å². The number of carboxylic acids is 2. The summed E-state index contributed by atoms with van der Waals surface area (Å²) < 4.78 is 127. The molecule has 0 aromatic heterocycles. The molecule has 0 rings (SSSR count). The van der Waals surface area contributed by atoms with E-state index in [0.29, 0.717) is 310 Å². The van der Waals surface area contributed by atoms with E-state index in [1.807, 2.05) is 0 Å². The number of nitrogens with one attached hydrogen (secondary N) is 1. The van der Waals surface area contributed by atoms with Gasteiger partial charge in [0.2, 0.25) is 5.91 Å². The Morgan fingerprint density at radius 1 is 0.225 bits per heavy atom. The first-order valence-electron chi connectivity index (χ1n) is 38.5. The molecule has 1 amide bonds. The predicted molar refractivity (Wildman–Crippen MR) is 383 cm³/mol. The number of amides is 1. The molecule has 0 saturated carbocycles. The van der Waals surface area contributed by atoms with Crippen LogP contribution in [-0.4, -0.2) is 339 Å². The van der Waals surface area contributed by atoms with Gasteiger partial charge in [0.05, 0.1) is 303 Å². The third-order valence-corrected chi connectivity index (χ3v) is 14.9. The maximum absolute atomic E-state index is 12.2. The third kappa shape index (κ3) is 89.9. The minimum atomic E-state index is -0.723. The van der Waals surface area contributed by atoms with Crippen molar-refractivity contribution in [3.63, 3.8) is 0 Å². The van der Waals surface area contributed by atoms with Crippen LogP contribution in [0.25, 0.3) is 0 Å². The number of rotatable bonds is 94. The predicted octanol–water partition coefficient (Wildman–Crippen LogP) is 7.48. The molecule has 1 atom stereocenters. The number of ether oxygens (including phenoxy) is 23. The van der Waals surface area contributed by atoms with E-state index in [4.69, 9.17) is 114 Å². The lowest BCUT2D eigenvalue weighted by molar-refractivity contribution is -0.142. The largest absolute Gasteiger partial charge is 0.481 e. The summed E-state index contributed by atoms with van der Waals surface area (Å²) in [6.07, 6.45) is 20.0. The standard InChI is InChI=1S/C73H143NO28/c1-2-24-80-26-28-82-30-32-84-34-36-86-38-40-88-42-44-90-46-48-92-50-52-94-54-56-96-58-60-98-62-64-100-66-68-102-69-67-101-65-63-99-61-59-97-57-55-95-53-51-93-49-47-91-45-43-89-41-39-87-37-35-85-33-31-83-29-27-81-25-23-74-71(75)21-17-13-9-5-3-7-11-15-19-70(73(78)79)20-16-12-8-4-6-10-14-18-22-72(76)77/h70H,2-69H2,1H3,(H,74,75)(H,76,77)(H,78,79). The second-order valence-electron chi connectivity index (χ2n) is 23.6. The maximum Gasteiger partial charge on any atom is 0.306 e. The Morgan fingerprint density at radius 3 is 0.578 bits per heavy atom. The zero-order chi connectivity index (χ0) is 73.4. The Bertz CT molecular complexity index is 1620. The fourth-order valence-electron chi connectivity index (χ4n) is 9.29. The maximum atomic E-state index is 12.2. The van der Waals surface area contributed by atoms with Gasteiger partial charge in [0.15, 0.2) is 0 Å². The van der Waals surface area contributed by atoms with E-state index in [1.54, 1.807) is 0 Å². The van der Waals surface area contributed by atoms with Crippen molar-refractivity contribution in [3.05, 3.63) is 0 Å². The molecule has 3 N–H and O–H groups in total. The Labute approximate surface area is 612 Å². The fraction of sp³-hybridized carbons (Fsp3) is 0.959. The minimum Gasteiger partial charge on any atom is -0.481 e. The first-order valence-corrected chi connectivity index (χ1v) is 38.5. The van der Waals surface area contributed by atoms with Crippen molar-refractivity contribution in [1.29, 1.82) is 0 Å². The van der Waals surface area contributed by atoms with Crippen LogP contribution in [0.3, 0.4) is 0 Å². The zero-order valence-corrected chi connectivity index (χ0v) is 63.2. The second kappa shape index (κ2) is 90.9. The Hall–Kier alpha value is -2.51. The molecule has 0 aliphatic rings. The summed E-state index contributed by atoms with van der Waals surface area (Å²) in [6.45, 7) is 25.3. The number of carbonyl (C=O) groups is 3. The average Bonchev–Trinajstić information content (AvgIpc) is 2.08. The van der Waals surface area contributed by atoms with Crippen molar-refractivity contribution in [2.75, 3.05) is 310 Å². The number of carboxylic acid groups (broad SMARTS) is 2. The van der Waals surface area contributed by atoms with Crippen molar-refractivity contribution in [3.8, 4) is 0 Å². The molecule has 0 fully saturated rings. The van der Waals surface area contributed by atoms with Gasteiger partial charge in [-0.25, -0.2) is 0 Å². The SMILES string of the molecule is CCCOCCOCCOCCOCCOCCOCCOCCOCCOCCOCCOCCOCCOCCOCCOCCOCCOCCOCCOCCOCCOCCOCCOCCNC(=O)CCCCCCCCCCC(CCCCCCCCCCC(=O)O)C(=O)O. The van der Waals surface area contributed by atoms with E-state index >= 15 is 0 Å². The van der Waals surface area contributed by atoms with Gasteiger partial charge in [-0.2, -0.15) is 0 Å². The lowest BCUT2D eigenvalue weighted by Gasteiger charge is -2.12. The molecule has 0 saturated heterocycles. The van der Waals surface area contributed by atoms with Crippen molar-refractivity contribution in [2.45, 2.75) is 142 Å². The molecule has 0 radical (unpaired) electrons. The summed E-state index contributed by atoms with van der Waals surface area (Å²) >= 11 is 0. The van der Waals surface area contributed by atoms with Gasteiger partial charge in [0.25, 0.3) is 0 Å². The Morgan fingerprint density at radius 2 is 0.392 bits per heavy atom. The van der Waals surface area contributed by atoms with Crippen molar-refractivity contribution >= 4 is 17.8 Å². The molecule has 0 aliphatic heterocycles. The quantitative estimate of drug-likeness (QED) is 0.0497. The summed E-state index contributed by atoms with van der Waals surface area (Å²) in [7, 11) is 0. The number of unbranched alkanes of at least 4 members (excludes halogenated alkanes) is 14. The van der Waals surface area contributed by atoms with Crippen molar-refractivity contribution in [1.82, 2.24) is 5.32 Å². The van der Waals surface area contributed by atoms with Gasteiger partial charge in [-0.05, 0) is 32.1 Å². The van der Waals surface area contributed by atoms with Gasteiger partial charge in [0, 0.05) is 26.0 Å². The van der Waals surface area contributed by atoms with Gasteiger partial charge in [-0.3, -0.25) is 14.4 Å². The van der Waals surface area contributed by atoms with Crippen LogP contribution in [0.15, 0.2) is 0 Å². The van der Waals surface area contributed by atoms with Gasteiger partial charge in [-0.1, -0.05) is 96.8 Å². The van der Waals surface area contributed by atoms with Crippen molar-refractivity contribution in [2.24, 2.45) is 5.92 Å². The summed E-state index contributed by atoms with van der Waals surface area (Å²) in [4.78, 5) is 34.5. The lowest BCUT2D eigenvalue weighted by atomic mass is 9.94.